The van der Waals surface area contributed by atoms with Gasteiger partial charge in [-0.15, -0.1) is 0 Å². The fourth-order valence-electron chi connectivity index (χ4n) is 1.74. The standard InChI is InChI=1S/C16H22BrNO2/c1-3-5-10-18-15(12-16(19)20-4-2)11-13-6-8-14(17)9-7-13/h6-9,12,18H,3-5,10-11H2,1-2H3/b15-12-. The summed E-state index contributed by atoms with van der Waals surface area (Å²) in [7, 11) is 0. The van der Waals surface area contributed by atoms with Gasteiger partial charge in [0.05, 0.1) is 6.61 Å². The lowest BCUT2D eigenvalue weighted by atomic mass is 10.1. The van der Waals surface area contributed by atoms with E-state index in [-0.39, 0.29) is 5.97 Å². The van der Waals surface area contributed by atoms with Crippen LogP contribution < -0.4 is 5.32 Å². The average molecular weight is 340 g/mol. The summed E-state index contributed by atoms with van der Waals surface area (Å²) in [6, 6.07) is 8.10. The van der Waals surface area contributed by atoms with Gasteiger partial charge in [-0.05, 0) is 31.0 Å². The predicted molar refractivity (Wildman–Crippen MR) is 85.5 cm³/mol. The number of rotatable bonds is 8. The van der Waals surface area contributed by atoms with Crippen molar-refractivity contribution in [1.82, 2.24) is 5.32 Å². The molecule has 0 aromatic heterocycles. The van der Waals surface area contributed by atoms with Gasteiger partial charge in [-0.25, -0.2) is 4.79 Å². The van der Waals surface area contributed by atoms with Crippen molar-refractivity contribution < 1.29 is 9.53 Å². The van der Waals surface area contributed by atoms with E-state index in [2.05, 4.69) is 28.2 Å². The summed E-state index contributed by atoms with van der Waals surface area (Å²) in [6.07, 6.45) is 4.47. The number of carbonyl (C=O) groups is 1. The molecule has 0 aliphatic carbocycles. The Morgan fingerprint density at radius 1 is 1.30 bits per heavy atom. The summed E-state index contributed by atoms with van der Waals surface area (Å²) in [4.78, 5) is 11.6. The van der Waals surface area contributed by atoms with E-state index in [0.717, 1.165) is 35.1 Å². The second-order valence-corrected chi connectivity index (χ2v) is 5.42. The maximum absolute atomic E-state index is 11.6. The quantitative estimate of drug-likeness (QED) is 0.444. The predicted octanol–water partition coefficient (Wildman–Crippen LogP) is 3.83. The van der Waals surface area contributed by atoms with Crippen LogP contribution in [0.2, 0.25) is 0 Å². The zero-order chi connectivity index (χ0) is 14.8. The molecule has 0 saturated heterocycles. The van der Waals surface area contributed by atoms with E-state index in [1.807, 2.05) is 31.2 Å². The summed E-state index contributed by atoms with van der Waals surface area (Å²) in [5, 5.41) is 3.32. The number of hydrogen-bond donors (Lipinski definition) is 1. The van der Waals surface area contributed by atoms with E-state index in [0.29, 0.717) is 13.0 Å². The lowest BCUT2D eigenvalue weighted by molar-refractivity contribution is -0.137. The highest BCUT2D eigenvalue weighted by Gasteiger charge is 2.04. The molecule has 0 spiro atoms. The first-order valence-electron chi connectivity index (χ1n) is 7.01. The number of allylic oxidation sites excluding steroid dienone is 1. The molecule has 0 aliphatic rings. The average Bonchev–Trinajstić information content (AvgIpc) is 2.42. The third kappa shape index (κ3) is 6.75. The zero-order valence-electron chi connectivity index (χ0n) is 12.1. The van der Waals surface area contributed by atoms with Gasteiger partial charge in [0, 0.05) is 29.2 Å². The Balaban J connectivity index is 2.70. The molecule has 0 atom stereocenters. The molecule has 0 saturated carbocycles. The van der Waals surface area contributed by atoms with Crippen molar-refractivity contribution >= 4 is 21.9 Å². The van der Waals surface area contributed by atoms with E-state index in [9.17, 15) is 4.79 Å². The van der Waals surface area contributed by atoms with Crippen LogP contribution in [0.25, 0.3) is 0 Å². The highest BCUT2D eigenvalue weighted by Crippen LogP contribution is 2.13. The van der Waals surface area contributed by atoms with Crippen molar-refractivity contribution in [2.45, 2.75) is 33.1 Å². The van der Waals surface area contributed by atoms with Crippen molar-refractivity contribution in [3.63, 3.8) is 0 Å². The lowest BCUT2D eigenvalue weighted by Crippen LogP contribution is -2.18. The second-order valence-electron chi connectivity index (χ2n) is 4.51. The highest BCUT2D eigenvalue weighted by atomic mass is 79.9. The Morgan fingerprint density at radius 3 is 2.60 bits per heavy atom. The first-order valence-corrected chi connectivity index (χ1v) is 7.80. The maximum atomic E-state index is 11.6. The fraction of sp³-hybridized carbons (Fsp3) is 0.438. The third-order valence-electron chi connectivity index (χ3n) is 2.77. The summed E-state index contributed by atoms with van der Waals surface area (Å²) in [5.41, 5.74) is 2.06. The van der Waals surface area contributed by atoms with Crippen molar-refractivity contribution in [3.8, 4) is 0 Å². The van der Waals surface area contributed by atoms with E-state index in [1.54, 1.807) is 6.08 Å². The second kappa shape index (κ2) is 9.59. The van der Waals surface area contributed by atoms with Gasteiger partial charge in [0.15, 0.2) is 0 Å². The van der Waals surface area contributed by atoms with E-state index < -0.39 is 0 Å². The van der Waals surface area contributed by atoms with Crippen LogP contribution in [0.4, 0.5) is 0 Å². The van der Waals surface area contributed by atoms with Gasteiger partial charge in [-0.1, -0.05) is 41.4 Å². The van der Waals surface area contributed by atoms with Crippen molar-refractivity contribution in [1.29, 1.82) is 0 Å². The van der Waals surface area contributed by atoms with Gasteiger partial charge < -0.3 is 10.1 Å². The SMILES string of the molecule is CCCCN/C(=C\C(=O)OCC)Cc1ccc(Br)cc1. The Kier molecular flexibility index (Phi) is 8.04. The molecule has 0 fully saturated rings. The minimum Gasteiger partial charge on any atom is -0.463 e. The Morgan fingerprint density at radius 2 is 2.00 bits per heavy atom. The fourth-order valence-corrected chi connectivity index (χ4v) is 2.00. The smallest absolute Gasteiger partial charge is 0.332 e. The topological polar surface area (TPSA) is 38.3 Å². The third-order valence-corrected chi connectivity index (χ3v) is 3.30. The first kappa shape index (κ1) is 16.8. The monoisotopic (exact) mass is 339 g/mol. The molecule has 0 radical (unpaired) electrons. The molecule has 3 nitrogen and oxygen atoms in total. The van der Waals surface area contributed by atoms with Gasteiger partial charge in [-0.2, -0.15) is 0 Å². The van der Waals surface area contributed by atoms with Crippen LogP contribution in [0.1, 0.15) is 32.3 Å². The minimum atomic E-state index is -0.288. The molecule has 0 aliphatic heterocycles. The number of carbonyl (C=O) groups excluding carboxylic acids is 1. The molecule has 1 N–H and O–H groups in total. The maximum Gasteiger partial charge on any atom is 0.332 e. The molecule has 0 unspecified atom stereocenters. The normalized spacial score (nSPS) is 11.2. The van der Waals surface area contributed by atoms with Crippen LogP contribution >= 0.6 is 15.9 Å². The van der Waals surface area contributed by atoms with Gasteiger partial charge in [0.2, 0.25) is 0 Å². The van der Waals surface area contributed by atoms with Crippen LogP contribution in [0.3, 0.4) is 0 Å². The van der Waals surface area contributed by atoms with E-state index in [1.165, 1.54) is 0 Å². The van der Waals surface area contributed by atoms with Crippen molar-refractivity contribution in [2.75, 3.05) is 13.2 Å². The molecule has 0 amide bonds. The Hall–Kier alpha value is -1.29. The summed E-state index contributed by atoms with van der Waals surface area (Å²) in [6.45, 7) is 5.23. The van der Waals surface area contributed by atoms with Crippen molar-refractivity contribution in [3.05, 3.63) is 46.1 Å². The van der Waals surface area contributed by atoms with Crippen molar-refractivity contribution in [2.24, 2.45) is 0 Å². The van der Waals surface area contributed by atoms with Crippen LogP contribution in [0, 0.1) is 0 Å². The molecule has 1 aromatic rings. The number of esters is 1. The molecule has 20 heavy (non-hydrogen) atoms. The molecular formula is C16H22BrNO2. The molecule has 0 bridgehead atoms. The highest BCUT2D eigenvalue weighted by molar-refractivity contribution is 9.10. The zero-order valence-corrected chi connectivity index (χ0v) is 13.7. The number of benzene rings is 1. The summed E-state index contributed by atoms with van der Waals surface area (Å²) >= 11 is 3.42. The molecular weight excluding hydrogens is 318 g/mol. The first-order chi connectivity index (χ1) is 9.65. The van der Waals surface area contributed by atoms with Crippen LogP contribution in [-0.2, 0) is 16.0 Å². The molecule has 1 rings (SSSR count). The van der Waals surface area contributed by atoms with Crippen LogP contribution in [0.15, 0.2) is 40.5 Å². The van der Waals surface area contributed by atoms with Gasteiger partial charge in [0.25, 0.3) is 0 Å². The number of hydrogen-bond acceptors (Lipinski definition) is 3. The van der Waals surface area contributed by atoms with E-state index in [4.69, 9.17) is 4.74 Å². The molecule has 110 valence electrons. The van der Waals surface area contributed by atoms with Gasteiger partial charge in [-0.3, -0.25) is 0 Å². The summed E-state index contributed by atoms with van der Waals surface area (Å²) < 4.78 is 6.02. The lowest BCUT2D eigenvalue weighted by Gasteiger charge is -2.11. The van der Waals surface area contributed by atoms with Gasteiger partial charge in [0.1, 0.15) is 0 Å². The molecule has 1 aromatic carbocycles. The molecule has 0 heterocycles. The Labute approximate surface area is 129 Å². The minimum absolute atomic E-state index is 0.288. The number of nitrogens with one attached hydrogen (secondary N) is 1. The van der Waals surface area contributed by atoms with Crippen LogP contribution in [0.5, 0.6) is 0 Å². The van der Waals surface area contributed by atoms with Crippen LogP contribution in [-0.4, -0.2) is 19.1 Å². The summed E-state index contributed by atoms with van der Waals surface area (Å²) in [5.74, 6) is -0.288. The van der Waals surface area contributed by atoms with Gasteiger partial charge >= 0.3 is 5.97 Å². The largest absolute Gasteiger partial charge is 0.463 e. The number of ether oxygens (including phenoxy) is 1. The molecule has 4 heteroatoms. The number of unbranched alkanes of at least 4 members (excludes halogenated alkanes) is 1. The Bertz CT molecular complexity index is 440. The van der Waals surface area contributed by atoms with E-state index >= 15 is 0 Å². The number of halogens is 1.